The summed E-state index contributed by atoms with van der Waals surface area (Å²) in [5.74, 6) is 0.854. The molecule has 0 saturated carbocycles. The van der Waals surface area contributed by atoms with Crippen molar-refractivity contribution in [3.8, 4) is 16.9 Å². The van der Waals surface area contributed by atoms with Gasteiger partial charge in [-0.3, -0.25) is 9.98 Å². The molecule has 0 aliphatic carbocycles. The van der Waals surface area contributed by atoms with Gasteiger partial charge in [0.25, 0.3) is 0 Å². The van der Waals surface area contributed by atoms with E-state index in [9.17, 15) is 13.5 Å². The van der Waals surface area contributed by atoms with Gasteiger partial charge < -0.3 is 20.5 Å². The number of hydrogen-bond acceptors (Lipinski definition) is 8. The molecule has 1 aromatic heterocycles. The molecule has 0 saturated heterocycles. The molecule has 3 aromatic rings. The van der Waals surface area contributed by atoms with E-state index in [4.69, 9.17) is 4.74 Å². The van der Waals surface area contributed by atoms with Crippen LogP contribution >= 0.6 is 0 Å². The molecule has 2 aromatic carbocycles. The fraction of sp³-hybridized carbons (Fsp3) is 0.259. The van der Waals surface area contributed by atoms with Gasteiger partial charge in [0.2, 0.25) is 10.0 Å². The maximum Gasteiger partial charge on any atom is 0.243 e. The van der Waals surface area contributed by atoms with Crippen LogP contribution in [0.15, 0.2) is 89.2 Å². The molecule has 4 N–H and O–H groups in total. The summed E-state index contributed by atoms with van der Waals surface area (Å²) in [5, 5.41) is 16.4. The lowest BCUT2D eigenvalue weighted by molar-refractivity contribution is 0.146. The number of rotatable bonds is 9. The second-order valence-electron chi connectivity index (χ2n) is 8.93. The van der Waals surface area contributed by atoms with Crippen molar-refractivity contribution in [3.05, 3.63) is 90.4 Å². The molecular weight excluding hydrogens is 490 g/mol. The van der Waals surface area contributed by atoms with Crippen LogP contribution in [0, 0.1) is 0 Å². The second kappa shape index (κ2) is 11.2. The fourth-order valence-electron chi connectivity index (χ4n) is 4.31. The molecule has 37 heavy (non-hydrogen) atoms. The molecule has 2 unspecified atom stereocenters. The molecule has 0 bridgehead atoms. The molecule has 2 aliphatic rings. The Labute approximate surface area is 216 Å². The number of aliphatic imine (C=N–C) groups is 1. The standard InChI is InChI=1S/C27H29N5O4S/c33-25(22-3-1-12-28-16-22)18-29-17-23-8-4-21-15-20(7-11-26(21)36-23)19-5-9-24(10-6-19)37(34,35)32-27-30-13-2-14-31-27/h1-3,5-7,9-16,23,25,27,29-30,32-33H,4,8,17-18H2/t23-,25?,27?/m0/s1. The number of ether oxygens (including phenoxy) is 1. The summed E-state index contributed by atoms with van der Waals surface area (Å²) in [4.78, 5) is 8.26. The Balaban J connectivity index is 1.17. The highest BCUT2D eigenvalue weighted by Crippen LogP contribution is 2.32. The number of pyridine rings is 1. The van der Waals surface area contributed by atoms with Gasteiger partial charge in [-0.2, -0.15) is 4.72 Å². The number of aliphatic hydroxyl groups excluding tert-OH is 1. The second-order valence-corrected chi connectivity index (χ2v) is 10.6. The number of sulfonamides is 1. The highest BCUT2D eigenvalue weighted by Gasteiger charge is 2.22. The summed E-state index contributed by atoms with van der Waals surface area (Å²) < 4.78 is 34.0. The van der Waals surface area contributed by atoms with E-state index in [-0.39, 0.29) is 11.0 Å². The van der Waals surface area contributed by atoms with Crippen molar-refractivity contribution in [1.82, 2.24) is 20.3 Å². The zero-order valence-electron chi connectivity index (χ0n) is 20.1. The summed E-state index contributed by atoms with van der Waals surface area (Å²) in [6.45, 7) is 1.07. The monoisotopic (exact) mass is 519 g/mol. The number of fused-ring (bicyclic) bond motifs is 1. The maximum absolute atomic E-state index is 12.7. The van der Waals surface area contributed by atoms with Gasteiger partial charge in [0.15, 0.2) is 6.29 Å². The molecule has 2 aliphatic heterocycles. The van der Waals surface area contributed by atoms with E-state index in [0.29, 0.717) is 13.1 Å². The molecule has 0 fully saturated rings. The largest absolute Gasteiger partial charge is 0.489 e. The predicted octanol–water partition coefficient (Wildman–Crippen LogP) is 2.52. The summed E-state index contributed by atoms with van der Waals surface area (Å²) in [5.41, 5.74) is 3.83. The van der Waals surface area contributed by atoms with E-state index >= 15 is 0 Å². The third kappa shape index (κ3) is 6.23. The molecule has 10 heteroatoms. The van der Waals surface area contributed by atoms with E-state index < -0.39 is 22.4 Å². The topological polar surface area (TPSA) is 125 Å². The normalized spacial score (nSPS) is 19.5. The molecule has 3 heterocycles. The van der Waals surface area contributed by atoms with Crippen LogP contribution in [0.2, 0.25) is 0 Å². The van der Waals surface area contributed by atoms with Gasteiger partial charge in [0.05, 0.1) is 11.0 Å². The molecule has 5 rings (SSSR count). The molecule has 9 nitrogen and oxygen atoms in total. The predicted molar refractivity (Wildman–Crippen MR) is 142 cm³/mol. The van der Waals surface area contributed by atoms with E-state index in [2.05, 4.69) is 31.4 Å². The summed E-state index contributed by atoms with van der Waals surface area (Å²) >= 11 is 0. The van der Waals surface area contributed by atoms with Gasteiger partial charge in [-0.1, -0.05) is 24.3 Å². The Morgan fingerprint density at radius 1 is 1.14 bits per heavy atom. The number of allylic oxidation sites excluding steroid dienone is 1. The van der Waals surface area contributed by atoms with Gasteiger partial charge in [0.1, 0.15) is 11.9 Å². The van der Waals surface area contributed by atoms with Crippen LogP contribution in [0.4, 0.5) is 0 Å². The molecule has 3 atom stereocenters. The summed E-state index contributed by atoms with van der Waals surface area (Å²) in [7, 11) is -3.71. The van der Waals surface area contributed by atoms with Crippen LogP contribution in [0.3, 0.4) is 0 Å². The van der Waals surface area contributed by atoms with E-state index in [0.717, 1.165) is 40.8 Å². The Hall–Kier alpha value is -3.57. The number of hydrogen-bond donors (Lipinski definition) is 4. The first-order valence-corrected chi connectivity index (χ1v) is 13.6. The van der Waals surface area contributed by atoms with Gasteiger partial charge in [-0.15, -0.1) is 0 Å². The van der Waals surface area contributed by atoms with Crippen molar-refractivity contribution >= 4 is 16.2 Å². The van der Waals surface area contributed by atoms with Crippen LogP contribution in [0.5, 0.6) is 5.75 Å². The lowest BCUT2D eigenvalue weighted by atomic mass is 9.97. The summed E-state index contributed by atoms with van der Waals surface area (Å²) in [6, 6.07) is 16.5. The van der Waals surface area contributed by atoms with Crippen molar-refractivity contribution in [1.29, 1.82) is 0 Å². The maximum atomic E-state index is 12.7. The van der Waals surface area contributed by atoms with Crippen LogP contribution in [-0.2, 0) is 16.4 Å². The van der Waals surface area contributed by atoms with E-state index in [1.165, 1.54) is 0 Å². The van der Waals surface area contributed by atoms with Crippen LogP contribution in [0.25, 0.3) is 11.1 Å². The first-order chi connectivity index (χ1) is 18.0. The average Bonchev–Trinajstić information content (AvgIpc) is 2.93. The minimum Gasteiger partial charge on any atom is -0.489 e. The zero-order valence-corrected chi connectivity index (χ0v) is 20.9. The van der Waals surface area contributed by atoms with Gasteiger partial charge in [0, 0.05) is 43.5 Å². The molecule has 0 spiro atoms. The van der Waals surface area contributed by atoms with Crippen molar-refractivity contribution in [2.24, 2.45) is 4.99 Å². The van der Waals surface area contributed by atoms with Crippen LogP contribution in [0.1, 0.15) is 23.7 Å². The van der Waals surface area contributed by atoms with E-state index in [1.54, 1.807) is 55.1 Å². The van der Waals surface area contributed by atoms with Crippen molar-refractivity contribution in [2.75, 3.05) is 13.1 Å². The molecule has 192 valence electrons. The first-order valence-electron chi connectivity index (χ1n) is 12.1. The molecular formula is C27H29N5O4S. The molecule has 0 radical (unpaired) electrons. The number of aliphatic hydroxyl groups is 1. The zero-order chi connectivity index (χ0) is 25.7. The third-order valence-corrected chi connectivity index (χ3v) is 7.73. The van der Waals surface area contributed by atoms with Crippen LogP contribution in [-0.4, -0.2) is 50.2 Å². The van der Waals surface area contributed by atoms with Gasteiger partial charge >= 0.3 is 0 Å². The average molecular weight is 520 g/mol. The Morgan fingerprint density at radius 2 is 1.97 bits per heavy atom. The number of nitrogens with zero attached hydrogens (tertiary/aromatic N) is 2. The third-order valence-electron chi connectivity index (χ3n) is 6.30. The Morgan fingerprint density at radius 3 is 2.73 bits per heavy atom. The van der Waals surface area contributed by atoms with E-state index in [1.807, 2.05) is 24.3 Å². The minimum atomic E-state index is -3.71. The highest BCUT2D eigenvalue weighted by atomic mass is 32.2. The summed E-state index contributed by atoms with van der Waals surface area (Å²) in [6.07, 6.45) is 8.65. The van der Waals surface area contributed by atoms with Crippen LogP contribution < -0.4 is 20.1 Å². The highest BCUT2D eigenvalue weighted by molar-refractivity contribution is 7.89. The Kier molecular flexibility index (Phi) is 7.61. The number of nitrogens with one attached hydrogen (secondary N) is 3. The quantitative estimate of drug-likeness (QED) is 0.342. The number of benzene rings is 2. The van der Waals surface area contributed by atoms with Crippen molar-refractivity contribution in [2.45, 2.75) is 36.2 Å². The smallest absolute Gasteiger partial charge is 0.243 e. The SMILES string of the molecule is O=S(=O)(NC1N=CC=CN1)c1ccc(-c2ccc3c(c2)CC[C@@H](CNCC(O)c2cccnc2)O3)cc1. The van der Waals surface area contributed by atoms with Crippen molar-refractivity contribution in [3.63, 3.8) is 0 Å². The lowest BCUT2D eigenvalue weighted by Gasteiger charge is -2.27. The van der Waals surface area contributed by atoms with Crippen molar-refractivity contribution < 1.29 is 18.3 Å². The number of aromatic nitrogens is 1. The lowest BCUT2D eigenvalue weighted by Crippen LogP contribution is -2.42. The van der Waals surface area contributed by atoms with Gasteiger partial charge in [-0.05, 0) is 65.9 Å². The first kappa shape index (κ1) is 25.1. The van der Waals surface area contributed by atoms with Gasteiger partial charge in [-0.25, -0.2) is 8.42 Å². The minimum absolute atomic E-state index is 0.0231. The fourth-order valence-corrected chi connectivity index (χ4v) is 5.37. The molecule has 0 amide bonds. The Bertz CT molecular complexity index is 1380. The number of aryl methyl sites for hydroxylation is 1.